The van der Waals surface area contributed by atoms with Gasteiger partial charge in [0, 0.05) is 16.2 Å². The van der Waals surface area contributed by atoms with Crippen LogP contribution in [0.25, 0.3) is 0 Å². The van der Waals surface area contributed by atoms with Gasteiger partial charge < -0.3 is 5.11 Å². The van der Waals surface area contributed by atoms with Crippen molar-refractivity contribution in [3.05, 3.63) is 29.8 Å². The Balaban J connectivity index is 2.70. The van der Waals surface area contributed by atoms with Gasteiger partial charge in [0.2, 0.25) is 0 Å². The lowest BCUT2D eigenvalue weighted by molar-refractivity contribution is 0.0376. The van der Waals surface area contributed by atoms with Crippen LogP contribution in [0.5, 0.6) is 0 Å². The van der Waals surface area contributed by atoms with Crippen molar-refractivity contribution in [1.82, 2.24) is 0 Å². The highest BCUT2D eigenvalue weighted by molar-refractivity contribution is 7.99. The van der Waals surface area contributed by atoms with Gasteiger partial charge in [0.25, 0.3) is 0 Å². The molecule has 0 radical (unpaired) electrons. The Morgan fingerprint density at radius 2 is 2.12 bits per heavy atom. The van der Waals surface area contributed by atoms with Crippen LogP contribution in [0.4, 0.5) is 0 Å². The first-order chi connectivity index (χ1) is 7.83. The first kappa shape index (κ1) is 14.3. The van der Waals surface area contributed by atoms with Gasteiger partial charge in [-0.1, -0.05) is 26.0 Å². The number of hydrogen-bond donors (Lipinski definition) is 1. The van der Waals surface area contributed by atoms with E-state index >= 15 is 0 Å². The molecule has 0 spiro atoms. The highest BCUT2D eigenvalue weighted by Crippen LogP contribution is 2.27. The number of thioether (sulfide) groups is 1. The van der Waals surface area contributed by atoms with Crippen molar-refractivity contribution in [2.45, 2.75) is 38.2 Å². The van der Waals surface area contributed by atoms with Crippen molar-refractivity contribution in [3.8, 4) is 0 Å². The summed E-state index contributed by atoms with van der Waals surface area (Å²) in [6.07, 6.45) is 0. The third kappa shape index (κ3) is 4.17. The maximum absolute atomic E-state index is 11.2. The molecule has 0 heterocycles. The molecule has 0 fully saturated rings. The molecule has 0 amide bonds. The lowest BCUT2D eigenvalue weighted by Crippen LogP contribution is -2.33. The second-order valence-electron chi connectivity index (χ2n) is 4.88. The number of aliphatic hydroxyl groups is 1. The van der Waals surface area contributed by atoms with Crippen LogP contribution >= 0.6 is 11.8 Å². The van der Waals surface area contributed by atoms with Crippen LogP contribution < -0.4 is 0 Å². The smallest absolute Gasteiger partial charge is 0.159 e. The molecule has 2 nitrogen and oxygen atoms in total. The molecule has 0 aliphatic carbocycles. The Morgan fingerprint density at radius 1 is 1.47 bits per heavy atom. The van der Waals surface area contributed by atoms with Crippen LogP contribution in [0.1, 0.15) is 38.1 Å². The SMILES string of the molecule is CC(=O)c1cccc(SCC(C)(O)C(C)C)c1. The number of rotatable bonds is 5. The molecule has 1 unspecified atom stereocenters. The lowest BCUT2D eigenvalue weighted by atomic mass is 9.95. The van der Waals surface area contributed by atoms with Crippen molar-refractivity contribution >= 4 is 17.5 Å². The van der Waals surface area contributed by atoms with E-state index in [1.54, 1.807) is 18.7 Å². The molecular weight excluding hydrogens is 232 g/mol. The zero-order valence-electron chi connectivity index (χ0n) is 10.9. The second-order valence-corrected chi connectivity index (χ2v) is 5.93. The van der Waals surface area contributed by atoms with Crippen LogP contribution in [-0.4, -0.2) is 22.2 Å². The number of carbonyl (C=O) groups excluding carboxylic acids is 1. The maximum Gasteiger partial charge on any atom is 0.159 e. The largest absolute Gasteiger partial charge is 0.389 e. The Morgan fingerprint density at radius 3 is 2.65 bits per heavy atom. The molecule has 0 aliphatic heterocycles. The second kappa shape index (κ2) is 5.69. The van der Waals surface area contributed by atoms with Gasteiger partial charge in [-0.2, -0.15) is 0 Å². The number of hydrogen-bond acceptors (Lipinski definition) is 3. The molecule has 1 N–H and O–H groups in total. The molecule has 0 saturated heterocycles. The molecule has 94 valence electrons. The summed E-state index contributed by atoms with van der Waals surface area (Å²) in [6, 6.07) is 7.53. The molecule has 17 heavy (non-hydrogen) atoms. The Kier molecular flexibility index (Phi) is 4.78. The molecule has 0 saturated carbocycles. The van der Waals surface area contributed by atoms with E-state index in [0.717, 1.165) is 10.5 Å². The molecule has 0 aliphatic rings. The minimum absolute atomic E-state index is 0.0723. The van der Waals surface area contributed by atoms with Crippen molar-refractivity contribution < 1.29 is 9.90 Å². The summed E-state index contributed by atoms with van der Waals surface area (Å²) in [5.74, 6) is 0.917. The van der Waals surface area contributed by atoms with E-state index in [9.17, 15) is 9.90 Å². The summed E-state index contributed by atoms with van der Waals surface area (Å²) < 4.78 is 0. The van der Waals surface area contributed by atoms with Gasteiger partial charge in [0.15, 0.2) is 5.78 Å². The van der Waals surface area contributed by atoms with E-state index in [4.69, 9.17) is 0 Å². The van der Waals surface area contributed by atoms with Crippen molar-refractivity contribution in [3.63, 3.8) is 0 Å². The predicted octanol–water partition coefficient (Wildman–Crippen LogP) is 3.39. The van der Waals surface area contributed by atoms with Crippen LogP contribution in [0.2, 0.25) is 0 Å². The van der Waals surface area contributed by atoms with Crippen molar-refractivity contribution in [2.75, 3.05) is 5.75 Å². The number of carbonyl (C=O) groups is 1. The summed E-state index contributed by atoms with van der Waals surface area (Å²) in [6.45, 7) is 7.42. The first-order valence-electron chi connectivity index (χ1n) is 5.79. The van der Waals surface area contributed by atoms with E-state index in [-0.39, 0.29) is 11.7 Å². The molecule has 1 aromatic carbocycles. The molecule has 1 atom stereocenters. The van der Waals surface area contributed by atoms with Crippen LogP contribution in [-0.2, 0) is 0 Å². The van der Waals surface area contributed by atoms with Crippen LogP contribution in [0.15, 0.2) is 29.2 Å². The van der Waals surface area contributed by atoms with Gasteiger partial charge in [-0.05, 0) is 31.9 Å². The van der Waals surface area contributed by atoms with Crippen LogP contribution in [0.3, 0.4) is 0 Å². The van der Waals surface area contributed by atoms with Crippen LogP contribution in [0, 0.1) is 5.92 Å². The summed E-state index contributed by atoms with van der Waals surface area (Å²) in [5.41, 5.74) is 0.0378. The average Bonchev–Trinajstić information content (AvgIpc) is 2.26. The molecule has 0 aromatic heterocycles. The summed E-state index contributed by atoms with van der Waals surface area (Å²) in [5, 5.41) is 10.1. The highest BCUT2D eigenvalue weighted by Gasteiger charge is 2.24. The van der Waals surface area contributed by atoms with Gasteiger partial charge in [0.1, 0.15) is 0 Å². The fourth-order valence-electron chi connectivity index (χ4n) is 1.20. The zero-order chi connectivity index (χ0) is 13.1. The Labute approximate surface area is 107 Å². The standard InChI is InChI=1S/C14H20O2S/c1-10(2)14(4,16)9-17-13-7-5-6-12(8-13)11(3)15/h5-8,10,16H,9H2,1-4H3. The normalized spacial score (nSPS) is 14.7. The van der Waals surface area contributed by atoms with Gasteiger partial charge in [-0.25, -0.2) is 0 Å². The first-order valence-corrected chi connectivity index (χ1v) is 6.77. The molecule has 1 aromatic rings. The summed E-state index contributed by atoms with van der Waals surface area (Å²) in [7, 11) is 0. The van der Waals surface area contributed by atoms with E-state index < -0.39 is 5.60 Å². The maximum atomic E-state index is 11.2. The highest BCUT2D eigenvalue weighted by atomic mass is 32.2. The number of Topliss-reactive ketones (excluding diaryl/α,β-unsaturated/α-hetero) is 1. The Bertz CT molecular complexity index is 397. The van der Waals surface area contributed by atoms with Crippen molar-refractivity contribution in [1.29, 1.82) is 0 Å². The third-order valence-electron chi connectivity index (χ3n) is 3.02. The van der Waals surface area contributed by atoms with E-state index in [2.05, 4.69) is 0 Å². The predicted molar refractivity (Wildman–Crippen MR) is 72.6 cm³/mol. The number of ketones is 1. The molecule has 3 heteroatoms. The van der Waals surface area contributed by atoms with Gasteiger partial charge >= 0.3 is 0 Å². The van der Waals surface area contributed by atoms with E-state index in [1.807, 2.05) is 45.0 Å². The summed E-state index contributed by atoms with van der Waals surface area (Å²) >= 11 is 1.59. The topological polar surface area (TPSA) is 37.3 Å². The van der Waals surface area contributed by atoms with Crippen molar-refractivity contribution in [2.24, 2.45) is 5.92 Å². The van der Waals surface area contributed by atoms with E-state index in [1.165, 1.54) is 0 Å². The summed E-state index contributed by atoms with van der Waals surface area (Å²) in [4.78, 5) is 12.3. The average molecular weight is 252 g/mol. The fraction of sp³-hybridized carbons (Fsp3) is 0.500. The van der Waals surface area contributed by atoms with Gasteiger partial charge in [0.05, 0.1) is 5.60 Å². The number of benzene rings is 1. The lowest BCUT2D eigenvalue weighted by Gasteiger charge is -2.27. The van der Waals surface area contributed by atoms with E-state index in [0.29, 0.717) is 5.75 Å². The minimum atomic E-state index is -0.684. The zero-order valence-corrected chi connectivity index (χ0v) is 11.7. The minimum Gasteiger partial charge on any atom is -0.389 e. The van der Waals surface area contributed by atoms with Gasteiger partial charge in [-0.15, -0.1) is 11.8 Å². The quantitative estimate of drug-likeness (QED) is 0.644. The molecule has 0 bridgehead atoms. The molecular formula is C14H20O2S. The molecule has 1 rings (SSSR count). The Hall–Kier alpha value is -0.800. The monoisotopic (exact) mass is 252 g/mol. The van der Waals surface area contributed by atoms with Gasteiger partial charge in [-0.3, -0.25) is 4.79 Å². The third-order valence-corrected chi connectivity index (χ3v) is 4.33. The fourth-order valence-corrected chi connectivity index (χ4v) is 2.38.